The van der Waals surface area contributed by atoms with Crippen LogP contribution in [-0.2, 0) is 14.3 Å². The van der Waals surface area contributed by atoms with E-state index in [0.29, 0.717) is 11.4 Å². The second-order valence-electron chi connectivity index (χ2n) is 4.71. The van der Waals surface area contributed by atoms with Gasteiger partial charge in [-0.2, -0.15) is 0 Å². The fourth-order valence-corrected chi connectivity index (χ4v) is 2.10. The lowest BCUT2D eigenvalue weighted by atomic mass is 10.1. The molecule has 0 bridgehead atoms. The first-order chi connectivity index (χ1) is 9.93. The maximum Gasteiger partial charge on any atom is 0.340 e. The molecule has 1 unspecified atom stereocenters. The number of hydrogen-bond acceptors (Lipinski definition) is 6. The Morgan fingerprint density at radius 3 is 2.76 bits per heavy atom. The number of nitrogens with zero attached hydrogens (tertiary/aromatic N) is 1. The number of esters is 1. The molecule has 7 nitrogen and oxygen atoms in total. The molecule has 1 atom stereocenters. The van der Waals surface area contributed by atoms with Gasteiger partial charge >= 0.3 is 5.97 Å². The van der Waals surface area contributed by atoms with Gasteiger partial charge in [-0.3, -0.25) is 14.5 Å². The van der Waals surface area contributed by atoms with Crippen molar-refractivity contribution in [1.82, 2.24) is 4.90 Å². The molecule has 0 spiro atoms. The van der Waals surface area contributed by atoms with E-state index >= 15 is 0 Å². The van der Waals surface area contributed by atoms with Crippen LogP contribution in [0.5, 0.6) is 0 Å². The van der Waals surface area contributed by atoms with Crippen molar-refractivity contribution in [3.05, 3.63) is 23.8 Å². The summed E-state index contributed by atoms with van der Waals surface area (Å²) in [4.78, 5) is 36.2. The van der Waals surface area contributed by atoms with E-state index in [2.05, 4.69) is 5.32 Å². The predicted octanol–water partition coefficient (Wildman–Crippen LogP) is 0.615. The maximum absolute atomic E-state index is 11.8. The van der Waals surface area contributed by atoms with Crippen LogP contribution in [0.4, 0.5) is 11.4 Å². The van der Waals surface area contributed by atoms with Crippen LogP contribution in [0.15, 0.2) is 18.2 Å². The number of likely N-dealkylation sites (tertiary alicyclic amines) is 1. The first-order valence-corrected chi connectivity index (χ1v) is 6.57. The topological polar surface area (TPSA) is 102 Å². The number of benzene rings is 1. The summed E-state index contributed by atoms with van der Waals surface area (Å²) in [6.45, 7) is 1.95. The largest absolute Gasteiger partial charge is 0.462 e. The van der Waals surface area contributed by atoms with Crippen LogP contribution in [0.2, 0.25) is 0 Å². The number of anilines is 2. The van der Waals surface area contributed by atoms with Crippen molar-refractivity contribution in [3.8, 4) is 0 Å². The monoisotopic (exact) mass is 291 g/mol. The Morgan fingerprint density at radius 2 is 2.19 bits per heavy atom. The summed E-state index contributed by atoms with van der Waals surface area (Å²) in [5, 5.41) is 2.94. The summed E-state index contributed by atoms with van der Waals surface area (Å²) < 4.78 is 4.91. The van der Waals surface area contributed by atoms with E-state index in [4.69, 9.17) is 10.5 Å². The molecule has 2 rings (SSSR count). The number of carbonyl (C=O) groups excluding carboxylic acids is 3. The Morgan fingerprint density at radius 1 is 1.48 bits per heavy atom. The summed E-state index contributed by atoms with van der Waals surface area (Å²) in [5.41, 5.74) is 6.80. The van der Waals surface area contributed by atoms with Crippen LogP contribution < -0.4 is 11.1 Å². The van der Waals surface area contributed by atoms with E-state index in [9.17, 15) is 14.4 Å². The average Bonchev–Trinajstić information content (AvgIpc) is 2.68. The minimum absolute atomic E-state index is 0.0917. The number of nitrogens with one attached hydrogen (secondary N) is 1. The SMILES string of the molecule is CCOC(=O)c1cc(NC2CC(=O)N(C)C2=O)ccc1N. The summed E-state index contributed by atoms with van der Waals surface area (Å²) >= 11 is 0. The number of hydrogen-bond donors (Lipinski definition) is 2. The summed E-state index contributed by atoms with van der Waals surface area (Å²) in [6, 6.07) is 4.10. The van der Waals surface area contributed by atoms with Gasteiger partial charge in [0.2, 0.25) is 5.91 Å². The fraction of sp³-hybridized carbons (Fsp3) is 0.357. The number of imide groups is 1. The highest BCUT2D eigenvalue weighted by molar-refractivity contribution is 6.06. The van der Waals surface area contributed by atoms with Gasteiger partial charge in [0.15, 0.2) is 0 Å². The Hall–Kier alpha value is -2.57. The van der Waals surface area contributed by atoms with Crippen molar-refractivity contribution in [2.45, 2.75) is 19.4 Å². The van der Waals surface area contributed by atoms with Crippen LogP contribution in [0.1, 0.15) is 23.7 Å². The van der Waals surface area contributed by atoms with Crippen LogP contribution in [0.3, 0.4) is 0 Å². The highest BCUT2D eigenvalue weighted by atomic mass is 16.5. The lowest BCUT2D eigenvalue weighted by molar-refractivity contribution is -0.136. The molecule has 1 aliphatic rings. The van der Waals surface area contributed by atoms with Crippen molar-refractivity contribution in [2.75, 3.05) is 24.7 Å². The third-order valence-electron chi connectivity index (χ3n) is 3.27. The predicted molar refractivity (Wildman–Crippen MR) is 76.6 cm³/mol. The van der Waals surface area contributed by atoms with Crippen molar-refractivity contribution in [1.29, 1.82) is 0 Å². The van der Waals surface area contributed by atoms with Crippen LogP contribution in [0.25, 0.3) is 0 Å². The second-order valence-corrected chi connectivity index (χ2v) is 4.71. The molecule has 2 amide bonds. The van der Waals surface area contributed by atoms with Gasteiger partial charge < -0.3 is 15.8 Å². The van der Waals surface area contributed by atoms with E-state index < -0.39 is 12.0 Å². The van der Waals surface area contributed by atoms with E-state index in [1.807, 2.05) is 0 Å². The molecule has 1 heterocycles. The number of rotatable bonds is 4. The van der Waals surface area contributed by atoms with Gasteiger partial charge in [-0.15, -0.1) is 0 Å². The van der Waals surface area contributed by atoms with Gasteiger partial charge in [0.05, 0.1) is 18.6 Å². The van der Waals surface area contributed by atoms with Gasteiger partial charge in [-0.05, 0) is 25.1 Å². The molecule has 1 aliphatic heterocycles. The smallest absolute Gasteiger partial charge is 0.340 e. The molecule has 1 aromatic carbocycles. The molecule has 0 aromatic heterocycles. The summed E-state index contributed by atoms with van der Waals surface area (Å²) in [5.74, 6) is -1.06. The average molecular weight is 291 g/mol. The molecular weight excluding hydrogens is 274 g/mol. The zero-order valence-electron chi connectivity index (χ0n) is 11.9. The highest BCUT2D eigenvalue weighted by Gasteiger charge is 2.35. The molecule has 0 saturated carbocycles. The number of amides is 2. The summed E-state index contributed by atoms with van der Waals surface area (Å²) in [7, 11) is 1.44. The van der Waals surface area contributed by atoms with Crippen molar-refractivity contribution >= 4 is 29.2 Å². The van der Waals surface area contributed by atoms with Gasteiger partial charge in [-0.1, -0.05) is 0 Å². The maximum atomic E-state index is 11.8. The van der Waals surface area contributed by atoms with E-state index in [1.165, 1.54) is 13.1 Å². The summed E-state index contributed by atoms with van der Waals surface area (Å²) in [6.07, 6.45) is 0.0917. The standard InChI is InChI=1S/C14H17N3O4/c1-3-21-14(20)9-6-8(4-5-10(9)15)16-11-7-12(18)17(2)13(11)19/h4-6,11,16H,3,7,15H2,1-2H3. The zero-order valence-corrected chi connectivity index (χ0v) is 11.9. The van der Waals surface area contributed by atoms with Crippen molar-refractivity contribution < 1.29 is 19.1 Å². The van der Waals surface area contributed by atoms with Crippen molar-refractivity contribution in [2.24, 2.45) is 0 Å². The molecule has 112 valence electrons. The van der Waals surface area contributed by atoms with Gasteiger partial charge in [0.1, 0.15) is 6.04 Å². The minimum Gasteiger partial charge on any atom is -0.462 e. The van der Waals surface area contributed by atoms with Crippen molar-refractivity contribution in [3.63, 3.8) is 0 Å². The molecule has 1 aromatic rings. The lowest BCUT2D eigenvalue weighted by Gasteiger charge is -2.14. The molecule has 21 heavy (non-hydrogen) atoms. The normalized spacial score (nSPS) is 18.0. The third-order valence-corrected chi connectivity index (χ3v) is 3.27. The van der Waals surface area contributed by atoms with E-state index in [1.54, 1.807) is 19.1 Å². The Balaban J connectivity index is 2.18. The Labute approximate surface area is 122 Å². The first kappa shape index (κ1) is 14.8. The lowest BCUT2D eigenvalue weighted by Crippen LogP contribution is -2.31. The van der Waals surface area contributed by atoms with Gasteiger partial charge in [-0.25, -0.2) is 4.79 Å². The van der Waals surface area contributed by atoms with E-state index in [0.717, 1.165) is 4.90 Å². The molecule has 0 aliphatic carbocycles. The Bertz CT molecular complexity index is 600. The fourth-order valence-electron chi connectivity index (χ4n) is 2.10. The number of nitrogens with two attached hydrogens (primary N) is 1. The van der Waals surface area contributed by atoms with Crippen LogP contribution in [-0.4, -0.2) is 42.4 Å². The van der Waals surface area contributed by atoms with Crippen LogP contribution in [0, 0.1) is 0 Å². The number of carbonyl (C=O) groups is 3. The first-order valence-electron chi connectivity index (χ1n) is 6.57. The molecule has 3 N–H and O–H groups in total. The molecule has 1 fully saturated rings. The van der Waals surface area contributed by atoms with Gasteiger partial charge in [0, 0.05) is 18.4 Å². The zero-order chi connectivity index (χ0) is 15.6. The third kappa shape index (κ3) is 2.96. The highest BCUT2D eigenvalue weighted by Crippen LogP contribution is 2.22. The molecular formula is C14H17N3O4. The van der Waals surface area contributed by atoms with Crippen LogP contribution >= 0.6 is 0 Å². The molecule has 0 radical (unpaired) electrons. The van der Waals surface area contributed by atoms with E-state index in [-0.39, 0.29) is 30.4 Å². The Kier molecular flexibility index (Phi) is 4.11. The number of likely N-dealkylation sites (N-methyl/N-ethyl adjacent to an activating group) is 1. The number of nitrogen functional groups attached to an aromatic ring is 1. The molecule has 1 saturated heterocycles. The quantitative estimate of drug-likeness (QED) is 0.479. The number of ether oxygens (including phenoxy) is 1. The van der Waals surface area contributed by atoms with Gasteiger partial charge in [0.25, 0.3) is 5.91 Å². The minimum atomic E-state index is -0.624. The molecule has 7 heteroatoms. The second kappa shape index (κ2) is 5.82.